The number of nitrogens with one attached hydrogen (secondary N) is 2. The molecule has 1 aliphatic rings. The molecule has 6 nitrogen and oxygen atoms in total. The molecule has 1 heterocycles. The highest BCUT2D eigenvalue weighted by Gasteiger charge is 2.16. The van der Waals surface area contributed by atoms with E-state index in [9.17, 15) is 4.79 Å². The van der Waals surface area contributed by atoms with E-state index in [0.29, 0.717) is 13.2 Å². The lowest BCUT2D eigenvalue weighted by molar-refractivity contribution is 0.126. The summed E-state index contributed by atoms with van der Waals surface area (Å²) in [4.78, 5) is 16.6. The molecule has 2 N–H and O–H groups in total. The Balaban J connectivity index is 1.49. The predicted octanol–water partition coefficient (Wildman–Crippen LogP) is 1.53. The summed E-state index contributed by atoms with van der Waals surface area (Å²) in [6.45, 7) is 8.58. The van der Waals surface area contributed by atoms with Crippen molar-refractivity contribution < 1.29 is 9.53 Å². The number of hydrogen-bond donors (Lipinski definition) is 2. The van der Waals surface area contributed by atoms with Crippen molar-refractivity contribution in [1.29, 1.82) is 0 Å². The van der Waals surface area contributed by atoms with Crippen LogP contribution in [0.15, 0.2) is 30.3 Å². The van der Waals surface area contributed by atoms with Crippen LogP contribution in [0, 0.1) is 0 Å². The zero-order chi connectivity index (χ0) is 17.7. The van der Waals surface area contributed by atoms with Gasteiger partial charge in [0.15, 0.2) is 0 Å². The molecule has 1 fully saturated rings. The fourth-order valence-corrected chi connectivity index (χ4v) is 3.00. The first-order valence-corrected chi connectivity index (χ1v) is 9.27. The standard InChI is InChI=1S/C19H32N4O2/c1-25-16-6-10-21-19(24)20-9-5-11-22-12-14-23(15-13-22)17-18-7-3-2-4-8-18/h2-4,7-8H,5-6,9-17H2,1H3,(H2,20,21,24). The molecule has 1 aromatic rings. The van der Waals surface area contributed by atoms with Crippen molar-refractivity contribution in [2.75, 3.05) is 59.5 Å². The second kappa shape index (κ2) is 11.8. The van der Waals surface area contributed by atoms with Crippen LogP contribution >= 0.6 is 0 Å². The zero-order valence-electron chi connectivity index (χ0n) is 15.4. The van der Waals surface area contributed by atoms with E-state index in [-0.39, 0.29) is 6.03 Å². The van der Waals surface area contributed by atoms with Gasteiger partial charge in [-0.1, -0.05) is 30.3 Å². The molecule has 0 saturated carbocycles. The fraction of sp³-hybridized carbons (Fsp3) is 0.632. The third-order valence-corrected chi connectivity index (χ3v) is 4.46. The fourth-order valence-electron chi connectivity index (χ4n) is 3.00. The smallest absolute Gasteiger partial charge is 0.314 e. The van der Waals surface area contributed by atoms with Crippen LogP contribution in [0.1, 0.15) is 18.4 Å². The molecule has 2 amide bonds. The maximum Gasteiger partial charge on any atom is 0.314 e. The topological polar surface area (TPSA) is 56.8 Å². The van der Waals surface area contributed by atoms with Gasteiger partial charge in [-0.15, -0.1) is 0 Å². The lowest BCUT2D eigenvalue weighted by Gasteiger charge is -2.34. The van der Waals surface area contributed by atoms with Gasteiger partial charge < -0.3 is 20.3 Å². The number of ether oxygens (including phenoxy) is 1. The second-order valence-electron chi connectivity index (χ2n) is 6.49. The van der Waals surface area contributed by atoms with E-state index in [1.807, 2.05) is 0 Å². The minimum Gasteiger partial charge on any atom is -0.385 e. The Labute approximate surface area is 151 Å². The molecule has 0 unspecified atom stereocenters. The van der Waals surface area contributed by atoms with Gasteiger partial charge >= 0.3 is 6.03 Å². The van der Waals surface area contributed by atoms with E-state index >= 15 is 0 Å². The molecule has 1 aromatic carbocycles. The number of urea groups is 1. The summed E-state index contributed by atoms with van der Waals surface area (Å²) >= 11 is 0. The van der Waals surface area contributed by atoms with Crippen LogP contribution in [0.4, 0.5) is 4.79 Å². The first-order chi connectivity index (χ1) is 12.3. The average Bonchev–Trinajstić information content (AvgIpc) is 2.65. The molecule has 2 rings (SSSR count). The lowest BCUT2D eigenvalue weighted by Crippen LogP contribution is -2.46. The van der Waals surface area contributed by atoms with E-state index < -0.39 is 0 Å². The van der Waals surface area contributed by atoms with Gasteiger partial charge in [0.25, 0.3) is 0 Å². The molecule has 0 bridgehead atoms. The van der Waals surface area contributed by atoms with E-state index in [1.165, 1.54) is 5.56 Å². The monoisotopic (exact) mass is 348 g/mol. The van der Waals surface area contributed by atoms with Crippen LogP contribution in [0.3, 0.4) is 0 Å². The van der Waals surface area contributed by atoms with Gasteiger partial charge in [-0.05, 0) is 24.9 Å². The largest absolute Gasteiger partial charge is 0.385 e. The van der Waals surface area contributed by atoms with Crippen LogP contribution < -0.4 is 10.6 Å². The van der Waals surface area contributed by atoms with E-state index in [4.69, 9.17) is 4.74 Å². The predicted molar refractivity (Wildman–Crippen MR) is 101 cm³/mol. The molecule has 25 heavy (non-hydrogen) atoms. The minimum atomic E-state index is -0.0798. The maximum absolute atomic E-state index is 11.6. The summed E-state index contributed by atoms with van der Waals surface area (Å²) < 4.78 is 4.95. The Kier molecular flexibility index (Phi) is 9.33. The number of amides is 2. The molecular formula is C19H32N4O2. The first kappa shape index (κ1) is 19.7. The van der Waals surface area contributed by atoms with Crippen molar-refractivity contribution in [3.63, 3.8) is 0 Å². The van der Waals surface area contributed by atoms with Crippen LogP contribution in [0.5, 0.6) is 0 Å². The summed E-state index contributed by atoms with van der Waals surface area (Å²) in [7, 11) is 1.67. The number of carbonyl (C=O) groups is 1. The van der Waals surface area contributed by atoms with Crippen molar-refractivity contribution >= 4 is 6.03 Å². The van der Waals surface area contributed by atoms with Crippen LogP contribution in [-0.2, 0) is 11.3 Å². The lowest BCUT2D eigenvalue weighted by atomic mass is 10.2. The number of hydrogen-bond acceptors (Lipinski definition) is 4. The molecule has 6 heteroatoms. The number of carbonyl (C=O) groups excluding carboxylic acids is 1. The number of benzene rings is 1. The van der Waals surface area contributed by atoms with E-state index in [0.717, 1.165) is 58.7 Å². The van der Waals surface area contributed by atoms with Crippen molar-refractivity contribution in [1.82, 2.24) is 20.4 Å². The molecule has 0 spiro atoms. The SMILES string of the molecule is COCCCNC(=O)NCCCN1CCN(Cc2ccccc2)CC1. The number of rotatable bonds is 10. The zero-order valence-corrected chi connectivity index (χ0v) is 15.4. The Morgan fingerprint density at radius 2 is 1.64 bits per heavy atom. The number of nitrogens with zero attached hydrogens (tertiary/aromatic N) is 2. The molecule has 1 aliphatic heterocycles. The quantitative estimate of drug-likeness (QED) is 0.630. The van der Waals surface area contributed by atoms with Gasteiger partial charge in [0.1, 0.15) is 0 Å². The van der Waals surface area contributed by atoms with Crippen molar-refractivity contribution in [2.24, 2.45) is 0 Å². The van der Waals surface area contributed by atoms with E-state index in [1.54, 1.807) is 7.11 Å². The van der Waals surface area contributed by atoms with Gasteiger partial charge in [-0.3, -0.25) is 4.90 Å². The highest BCUT2D eigenvalue weighted by molar-refractivity contribution is 5.73. The molecule has 140 valence electrons. The molecule has 0 radical (unpaired) electrons. The van der Waals surface area contributed by atoms with Crippen molar-refractivity contribution in [3.05, 3.63) is 35.9 Å². The highest BCUT2D eigenvalue weighted by Crippen LogP contribution is 2.08. The summed E-state index contributed by atoms with van der Waals surface area (Å²) in [5.41, 5.74) is 1.39. The molecule has 0 aliphatic carbocycles. The normalized spacial score (nSPS) is 15.9. The Morgan fingerprint density at radius 1 is 1.00 bits per heavy atom. The third kappa shape index (κ3) is 8.34. The summed E-state index contributed by atoms with van der Waals surface area (Å²) in [5.74, 6) is 0. The summed E-state index contributed by atoms with van der Waals surface area (Å²) in [6, 6.07) is 10.6. The molecule has 1 saturated heterocycles. The molecule has 0 atom stereocenters. The van der Waals surface area contributed by atoms with Gasteiger partial charge in [-0.2, -0.15) is 0 Å². The highest BCUT2D eigenvalue weighted by atomic mass is 16.5. The van der Waals surface area contributed by atoms with Gasteiger partial charge in [0.2, 0.25) is 0 Å². The van der Waals surface area contributed by atoms with Crippen LogP contribution in [-0.4, -0.2) is 75.4 Å². The first-order valence-electron chi connectivity index (χ1n) is 9.27. The minimum absolute atomic E-state index is 0.0798. The van der Waals surface area contributed by atoms with Crippen molar-refractivity contribution in [2.45, 2.75) is 19.4 Å². The summed E-state index contributed by atoms with van der Waals surface area (Å²) in [5, 5.41) is 5.75. The van der Waals surface area contributed by atoms with Gasteiger partial charge in [0.05, 0.1) is 0 Å². The van der Waals surface area contributed by atoms with Crippen LogP contribution in [0.25, 0.3) is 0 Å². The Morgan fingerprint density at radius 3 is 2.32 bits per heavy atom. The number of methoxy groups -OCH3 is 1. The Bertz CT molecular complexity index is 476. The third-order valence-electron chi connectivity index (χ3n) is 4.46. The average molecular weight is 348 g/mol. The van der Waals surface area contributed by atoms with Gasteiger partial charge in [-0.25, -0.2) is 4.79 Å². The van der Waals surface area contributed by atoms with Crippen LogP contribution in [0.2, 0.25) is 0 Å². The second-order valence-corrected chi connectivity index (χ2v) is 6.49. The Hall–Kier alpha value is -1.63. The molecule has 0 aromatic heterocycles. The van der Waals surface area contributed by atoms with Crippen molar-refractivity contribution in [3.8, 4) is 0 Å². The van der Waals surface area contributed by atoms with E-state index in [2.05, 4.69) is 50.8 Å². The number of piperazine rings is 1. The summed E-state index contributed by atoms with van der Waals surface area (Å²) in [6.07, 6.45) is 1.83. The molecular weight excluding hydrogens is 316 g/mol. The maximum atomic E-state index is 11.6. The van der Waals surface area contributed by atoms with Gasteiger partial charge in [0, 0.05) is 59.5 Å².